The van der Waals surface area contributed by atoms with Gasteiger partial charge in [-0.25, -0.2) is 0 Å². The number of benzene rings is 10. The first kappa shape index (κ1) is 32.2. The van der Waals surface area contributed by atoms with Crippen LogP contribution in [0, 0.1) is 0 Å². The molecule has 0 bridgehead atoms. The van der Waals surface area contributed by atoms with Crippen molar-refractivity contribution in [3.05, 3.63) is 212 Å². The second-order valence-corrected chi connectivity index (χ2v) is 15.7. The summed E-state index contributed by atoms with van der Waals surface area (Å²) < 4.78 is 7.41. The third-order valence-corrected chi connectivity index (χ3v) is 12.6. The predicted octanol–water partition coefficient (Wildman–Crippen LogP) is 15.0. The SMILES string of the molecule is c1ccc(-c2ccc3cc(-n4c5ccc(-n6c7ccccc7c7ccccc76)cc5c5cc(-n6c7ccccc7c7ccccc76)c6ccccc6c54)ccc3c2)cc1. The molecule has 274 valence electrons. The van der Waals surface area contributed by atoms with Crippen LogP contribution < -0.4 is 0 Å². The van der Waals surface area contributed by atoms with Gasteiger partial charge in [-0.1, -0.05) is 146 Å². The van der Waals surface area contributed by atoms with Gasteiger partial charge in [-0.15, -0.1) is 0 Å². The second-order valence-electron chi connectivity index (χ2n) is 15.7. The van der Waals surface area contributed by atoms with E-state index < -0.39 is 0 Å². The summed E-state index contributed by atoms with van der Waals surface area (Å²) in [7, 11) is 0. The second kappa shape index (κ2) is 12.3. The first-order chi connectivity index (χ1) is 29.3. The summed E-state index contributed by atoms with van der Waals surface area (Å²) in [4.78, 5) is 0. The summed E-state index contributed by atoms with van der Waals surface area (Å²) in [6.45, 7) is 0. The number of rotatable bonds is 4. The van der Waals surface area contributed by atoms with Crippen molar-refractivity contribution in [1.82, 2.24) is 13.7 Å². The molecule has 0 radical (unpaired) electrons. The van der Waals surface area contributed by atoms with E-state index in [4.69, 9.17) is 0 Å². The minimum Gasteiger partial charge on any atom is -0.309 e. The Hall–Kier alpha value is -7.88. The molecule has 3 nitrogen and oxygen atoms in total. The molecule has 0 saturated heterocycles. The molecule has 10 aromatic carbocycles. The maximum Gasteiger partial charge on any atom is 0.0621 e. The summed E-state index contributed by atoms with van der Waals surface area (Å²) in [5.41, 5.74) is 13.1. The van der Waals surface area contributed by atoms with E-state index in [0.29, 0.717) is 0 Å². The molecule has 0 fully saturated rings. The summed E-state index contributed by atoms with van der Waals surface area (Å²) in [5, 5.41) is 12.3. The highest BCUT2D eigenvalue weighted by Crippen LogP contribution is 2.43. The lowest BCUT2D eigenvalue weighted by atomic mass is 10.0. The van der Waals surface area contributed by atoms with Crippen LogP contribution in [0.4, 0.5) is 0 Å². The lowest BCUT2D eigenvalue weighted by molar-refractivity contribution is 1.17. The Morgan fingerprint density at radius 1 is 0.237 bits per heavy atom. The maximum atomic E-state index is 2.50. The zero-order valence-corrected chi connectivity index (χ0v) is 32.0. The Morgan fingerprint density at radius 2 is 0.712 bits per heavy atom. The average Bonchev–Trinajstić information content (AvgIpc) is 3.94. The lowest BCUT2D eigenvalue weighted by Crippen LogP contribution is -1.98. The smallest absolute Gasteiger partial charge is 0.0621 e. The highest BCUT2D eigenvalue weighted by molar-refractivity contribution is 6.22. The molecule has 0 aliphatic rings. The monoisotopic (exact) mass is 749 g/mol. The quantitative estimate of drug-likeness (QED) is 0.170. The van der Waals surface area contributed by atoms with Crippen LogP contribution in [0.3, 0.4) is 0 Å². The summed E-state index contributed by atoms with van der Waals surface area (Å²) in [6, 6.07) is 78.1. The fraction of sp³-hybridized carbons (Fsp3) is 0. The summed E-state index contributed by atoms with van der Waals surface area (Å²) in [6.07, 6.45) is 0. The van der Waals surface area contributed by atoms with Crippen LogP contribution >= 0.6 is 0 Å². The van der Waals surface area contributed by atoms with Gasteiger partial charge in [0.1, 0.15) is 0 Å². The molecule has 0 N–H and O–H groups in total. The Labute approximate surface area is 339 Å². The standard InChI is InChI=1S/C56H35N3/c1-2-14-36(15-3-1)37-26-27-39-33-40(29-28-38(39)32-37)58-54-31-30-41(57-50-22-10-6-16-42(50)43-17-7-11-23-51(43)57)34-48(54)49-35-55(46-20-4-5-21-47(46)56(49)58)59-52-24-12-8-18-44(52)45-19-9-13-25-53(45)59/h1-35H. The van der Waals surface area contributed by atoms with Gasteiger partial charge < -0.3 is 13.7 Å². The number of fused-ring (bicyclic) bond motifs is 12. The number of hydrogen-bond donors (Lipinski definition) is 0. The molecular formula is C56H35N3. The van der Waals surface area contributed by atoms with E-state index >= 15 is 0 Å². The fourth-order valence-corrected chi connectivity index (χ4v) is 10.00. The van der Waals surface area contributed by atoms with Gasteiger partial charge in [0.15, 0.2) is 0 Å². The largest absolute Gasteiger partial charge is 0.309 e. The molecule has 0 unspecified atom stereocenters. The lowest BCUT2D eigenvalue weighted by Gasteiger charge is -2.15. The third-order valence-electron chi connectivity index (χ3n) is 12.6. The topological polar surface area (TPSA) is 14.8 Å². The zero-order valence-electron chi connectivity index (χ0n) is 32.0. The Balaban J connectivity index is 1.14. The van der Waals surface area contributed by atoms with Crippen molar-refractivity contribution < 1.29 is 0 Å². The minimum atomic E-state index is 1.14. The van der Waals surface area contributed by atoms with Crippen molar-refractivity contribution in [3.8, 4) is 28.2 Å². The summed E-state index contributed by atoms with van der Waals surface area (Å²) >= 11 is 0. The van der Waals surface area contributed by atoms with Crippen LogP contribution in [-0.2, 0) is 0 Å². The molecule has 0 aliphatic heterocycles. The van der Waals surface area contributed by atoms with Gasteiger partial charge in [0.05, 0.1) is 38.8 Å². The molecule has 3 heteroatoms. The molecule has 0 aliphatic carbocycles. The molecule has 3 heterocycles. The van der Waals surface area contributed by atoms with Crippen molar-refractivity contribution in [1.29, 1.82) is 0 Å². The van der Waals surface area contributed by atoms with Gasteiger partial charge in [-0.3, -0.25) is 0 Å². The molecule has 0 amide bonds. The van der Waals surface area contributed by atoms with E-state index in [1.54, 1.807) is 0 Å². The first-order valence-electron chi connectivity index (χ1n) is 20.4. The molecule has 0 spiro atoms. The van der Waals surface area contributed by atoms with Crippen molar-refractivity contribution in [2.75, 3.05) is 0 Å². The molecule has 13 aromatic rings. The first-order valence-corrected chi connectivity index (χ1v) is 20.4. The van der Waals surface area contributed by atoms with Gasteiger partial charge in [-0.05, 0) is 88.6 Å². The predicted molar refractivity (Wildman–Crippen MR) is 250 cm³/mol. The summed E-state index contributed by atoms with van der Waals surface area (Å²) in [5.74, 6) is 0. The fourth-order valence-electron chi connectivity index (χ4n) is 10.00. The molecule has 0 atom stereocenters. The van der Waals surface area contributed by atoms with Crippen LogP contribution in [-0.4, -0.2) is 13.7 Å². The van der Waals surface area contributed by atoms with E-state index in [2.05, 4.69) is 226 Å². The van der Waals surface area contributed by atoms with E-state index in [1.165, 1.54) is 104 Å². The highest BCUT2D eigenvalue weighted by atomic mass is 15.0. The van der Waals surface area contributed by atoms with Crippen LogP contribution in [0.2, 0.25) is 0 Å². The van der Waals surface area contributed by atoms with Crippen LogP contribution in [0.15, 0.2) is 212 Å². The number of para-hydroxylation sites is 4. The normalized spacial score (nSPS) is 12.1. The van der Waals surface area contributed by atoms with E-state index in [9.17, 15) is 0 Å². The minimum absolute atomic E-state index is 1.14. The average molecular weight is 750 g/mol. The third kappa shape index (κ3) is 4.64. The number of aromatic nitrogens is 3. The van der Waals surface area contributed by atoms with Gasteiger partial charge in [-0.2, -0.15) is 0 Å². The van der Waals surface area contributed by atoms with Crippen molar-refractivity contribution >= 4 is 87.0 Å². The molecule has 59 heavy (non-hydrogen) atoms. The van der Waals surface area contributed by atoms with E-state index in [-0.39, 0.29) is 0 Å². The molecular weight excluding hydrogens is 715 g/mol. The zero-order chi connectivity index (χ0) is 38.6. The van der Waals surface area contributed by atoms with Gasteiger partial charge in [0, 0.05) is 54.5 Å². The molecule has 3 aromatic heterocycles. The highest BCUT2D eigenvalue weighted by Gasteiger charge is 2.22. The Morgan fingerprint density at radius 3 is 1.36 bits per heavy atom. The van der Waals surface area contributed by atoms with Crippen LogP contribution in [0.1, 0.15) is 0 Å². The van der Waals surface area contributed by atoms with Crippen molar-refractivity contribution in [3.63, 3.8) is 0 Å². The Bertz CT molecular complexity index is 3730. The van der Waals surface area contributed by atoms with Gasteiger partial charge in [0.2, 0.25) is 0 Å². The van der Waals surface area contributed by atoms with Crippen LogP contribution in [0.5, 0.6) is 0 Å². The van der Waals surface area contributed by atoms with Crippen molar-refractivity contribution in [2.24, 2.45) is 0 Å². The maximum absolute atomic E-state index is 2.50. The van der Waals surface area contributed by atoms with E-state index in [0.717, 1.165) is 11.4 Å². The van der Waals surface area contributed by atoms with Gasteiger partial charge in [0.25, 0.3) is 0 Å². The van der Waals surface area contributed by atoms with Crippen LogP contribution in [0.25, 0.3) is 115 Å². The van der Waals surface area contributed by atoms with Gasteiger partial charge >= 0.3 is 0 Å². The number of nitrogens with zero attached hydrogens (tertiary/aromatic N) is 3. The molecule has 13 rings (SSSR count). The van der Waals surface area contributed by atoms with Crippen molar-refractivity contribution in [2.45, 2.75) is 0 Å². The Kier molecular flexibility index (Phi) is 6.72. The number of hydrogen-bond acceptors (Lipinski definition) is 0. The molecule has 0 saturated carbocycles. The van der Waals surface area contributed by atoms with E-state index in [1.807, 2.05) is 0 Å².